The smallest absolute Gasteiger partial charge is 0.343 e. The van der Waals surface area contributed by atoms with Crippen molar-refractivity contribution in [2.75, 3.05) is 12.3 Å². The van der Waals surface area contributed by atoms with Gasteiger partial charge in [-0.05, 0) is 25.5 Å². The average molecular weight is 241 g/mol. The molecule has 0 atom stereocenters. The Kier molecular flexibility index (Phi) is 3.90. The summed E-state index contributed by atoms with van der Waals surface area (Å²) < 4.78 is 4.82. The predicted octanol–water partition coefficient (Wildman–Crippen LogP) is 2.53. The van der Waals surface area contributed by atoms with E-state index in [9.17, 15) is 4.79 Å². The maximum Gasteiger partial charge on any atom is 0.343 e. The Morgan fingerprint density at radius 1 is 1.69 bits per heavy atom. The number of esters is 1. The molecule has 2 N–H and O–H groups in total. The van der Waals surface area contributed by atoms with E-state index in [0.29, 0.717) is 5.69 Å². The summed E-state index contributed by atoms with van der Waals surface area (Å²) in [5.74, 6) is -0.505. The summed E-state index contributed by atoms with van der Waals surface area (Å²) in [6.07, 6.45) is 0. The Morgan fingerprint density at radius 2 is 2.31 bits per heavy atom. The zero-order valence-electron chi connectivity index (χ0n) is 9.21. The van der Waals surface area contributed by atoms with Gasteiger partial charge in [-0.3, -0.25) is 0 Å². The summed E-state index contributed by atoms with van der Waals surface area (Å²) in [5, 5.41) is 0.226. The number of allylic oxidation sites excluding steroid dienone is 1. The number of carbonyl (C=O) groups is 1. The fourth-order valence-electron chi connectivity index (χ4n) is 1.16. The molecule has 1 aromatic rings. The molecule has 86 valence electrons. The molecule has 5 heteroatoms. The van der Waals surface area contributed by atoms with Crippen molar-refractivity contribution in [1.82, 2.24) is 4.98 Å². The highest BCUT2D eigenvalue weighted by Gasteiger charge is 2.17. The summed E-state index contributed by atoms with van der Waals surface area (Å²) in [6.45, 7) is 7.47. The SMILES string of the molecule is C=C(C)c1cc(Cl)c(C(=O)OCC)c(N)n1. The second-order valence-electron chi connectivity index (χ2n) is 3.25. The molecular weight excluding hydrogens is 228 g/mol. The second kappa shape index (κ2) is 4.99. The number of nitrogen functional groups attached to an aromatic ring is 1. The third-order valence-corrected chi connectivity index (χ3v) is 2.21. The van der Waals surface area contributed by atoms with Crippen LogP contribution in [0.25, 0.3) is 5.57 Å². The number of nitrogens with zero attached hydrogens (tertiary/aromatic N) is 1. The lowest BCUT2D eigenvalue weighted by Crippen LogP contribution is -2.11. The van der Waals surface area contributed by atoms with Crippen molar-refractivity contribution >= 4 is 29.0 Å². The van der Waals surface area contributed by atoms with Crippen LogP contribution >= 0.6 is 11.6 Å². The summed E-state index contributed by atoms with van der Waals surface area (Å²) in [7, 11) is 0. The van der Waals surface area contributed by atoms with Crippen LogP contribution in [-0.2, 0) is 4.74 Å². The van der Waals surface area contributed by atoms with Gasteiger partial charge in [0.25, 0.3) is 0 Å². The first-order valence-corrected chi connectivity index (χ1v) is 5.14. The highest BCUT2D eigenvalue weighted by atomic mass is 35.5. The van der Waals surface area contributed by atoms with E-state index >= 15 is 0 Å². The Labute approximate surface area is 99.1 Å². The van der Waals surface area contributed by atoms with Gasteiger partial charge in [0.15, 0.2) is 0 Å². The third kappa shape index (κ3) is 2.52. The molecule has 0 radical (unpaired) electrons. The zero-order chi connectivity index (χ0) is 12.3. The van der Waals surface area contributed by atoms with Crippen molar-refractivity contribution in [3.05, 3.63) is 28.9 Å². The van der Waals surface area contributed by atoms with E-state index in [1.54, 1.807) is 19.9 Å². The monoisotopic (exact) mass is 240 g/mol. The summed E-state index contributed by atoms with van der Waals surface area (Å²) >= 11 is 5.95. The Balaban J connectivity index is 3.22. The van der Waals surface area contributed by atoms with Gasteiger partial charge < -0.3 is 10.5 Å². The van der Waals surface area contributed by atoms with Gasteiger partial charge in [0, 0.05) is 0 Å². The first kappa shape index (κ1) is 12.5. The molecule has 0 saturated carbocycles. The molecule has 1 rings (SSSR count). The number of anilines is 1. The highest BCUT2D eigenvalue weighted by Crippen LogP contribution is 2.25. The molecule has 1 heterocycles. The van der Waals surface area contributed by atoms with Crippen molar-refractivity contribution in [3.8, 4) is 0 Å². The minimum atomic E-state index is -0.564. The lowest BCUT2D eigenvalue weighted by atomic mass is 10.1. The lowest BCUT2D eigenvalue weighted by Gasteiger charge is -2.08. The molecule has 0 unspecified atom stereocenters. The van der Waals surface area contributed by atoms with Crippen LogP contribution in [0.4, 0.5) is 5.82 Å². The van der Waals surface area contributed by atoms with Gasteiger partial charge in [-0.25, -0.2) is 9.78 Å². The number of carbonyl (C=O) groups excluding carboxylic acids is 1. The number of ether oxygens (including phenoxy) is 1. The van der Waals surface area contributed by atoms with Gasteiger partial charge >= 0.3 is 5.97 Å². The summed E-state index contributed by atoms with van der Waals surface area (Å²) in [5.41, 5.74) is 7.05. The highest BCUT2D eigenvalue weighted by molar-refractivity contribution is 6.34. The van der Waals surface area contributed by atoms with Crippen LogP contribution in [0.15, 0.2) is 12.6 Å². The fraction of sp³-hybridized carbons (Fsp3) is 0.273. The first-order chi connectivity index (χ1) is 7.47. The lowest BCUT2D eigenvalue weighted by molar-refractivity contribution is 0.0527. The quantitative estimate of drug-likeness (QED) is 0.825. The van der Waals surface area contributed by atoms with E-state index in [1.165, 1.54) is 0 Å². The van der Waals surface area contributed by atoms with Gasteiger partial charge in [0.2, 0.25) is 0 Å². The molecule has 0 fully saturated rings. The van der Waals surface area contributed by atoms with E-state index in [-0.39, 0.29) is 23.0 Å². The molecule has 0 aliphatic rings. The van der Waals surface area contributed by atoms with E-state index < -0.39 is 5.97 Å². The van der Waals surface area contributed by atoms with E-state index in [1.807, 2.05) is 0 Å². The molecule has 1 aromatic heterocycles. The Hall–Kier alpha value is -1.55. The average Bonchev–Trinajstić information content (AvgIpc) is 2.16. The van der Waals surface area contributed by atoms with Crippen LogP contribution in [0, 0.1) is 0 Å². The normalized spacial score (nSPS) is 9.94. The first-order valence-electron chi connectivity index (χ1n) is 4.76. The van der Waals surface area contributed by atoms with Crippen molar-refractivity contribution in [2.45, 2.75) is 13.8 Å². The molecule has 0 bridgehead atoms. The number of pyridine rings is 1. The molecule has 0 spiro atoms. The van der Waals surface area contributed by atoms with Crippen molar-refractivity contribution in [2.24, 2.45) is 0 Å². The largest absolute Gasteiger partial charge is 0.462 e. The Morgan fingerprint density at radius 3 is 2.75 bits per heavy atom. The van der Waals surface area contributed by atoms with Gasteiger partial charge in [-0.2, -0.15) is 0 Å². The molecule has 4 nitrogen and oxygen atoms in total. The van der Waals surface area contributed by atoms with Crippen LogP contribution in [-0.4, -0.2) is 17.6 Å². The maximum absolute atomic E-state index is 11.5. The third-order valence-electron chi connectivity index (χ3n) is 1.92. The number of rotatable bonds is 3. The van der Waals surface area contributed by atoms with Crippen LogP contribution < -0.4 is 5.73 Å². The summed E-state index contributed by atoms with van der Waals surface area (Å²) in [6, 6.07) is 1.55. The molecular formula is C11H13ClN2O2. The zero-order valence-corrected chi connectivity index (χ0v) is 9.97. The van der Waals surface area contributed by atoms with E-state index in [2.05, 4.69) is 11.6 Å². The van der Waals surface area contributed by atoms with Crippen LogP contribution in [0.2, 0.25) is 5.02 Å². The molecule has 0 aliphatic heterocycles. The minimum Gasteiger partial charge on any atom is -0.462 e. The second-order valence-corrected chi connectivity index (χ2v) is 3.66. The van der Waals surface area contributed by atoms with Gasteiger partial charge in [-0.15, -0.1) is 0 Å². The van der Waals surface area contributed by atoms with Gasteiger partial charge in [-0.1, -0.05) is 18.2 Å². The molecule has 0 amide bonds. The number of halogens is 1. The fourth-order valence-corrected chi connectivity index (χ4v) is 1.43. The van der Waals surface area contributed by atoms with E-state index in [0.717, 1.165) is 5.57 Å². The predicted molar refractivity (Wildman–Crippen MR) is 64.3 cm³/mol. The number of nitrogens with two attached hydrogens (primary N) is 1. The minimum absolute atomic E-state index is 0.0592. The maximum atomic E-state index is 11.5. The molecule has 16 heavy (non-hydrogen) atoms. The van der Waals surface area contributed by atoms with Gasteiger partial charge in [0.05, 0.1) is 17.3 Å². The topological polar surface area (TPSA) is 65.2 Å². The molecule has 0 aliphatic carbocycles. The van der Waals surface area contributed by atoms with Crippen LogP contribution in [0.3, 0.4) is 0 Å². The number of hydrogen-bond donors (Lipinski definition) is 1. The Bertz CT molecular complexity index is 421. The van der Waals surface area contributed by atoms with Gasteiger partial charge in [0.1, 0.15) is 11.4 Å². The van der Waals surface area contributed by atoms with Crippen LogP contribution in [0.5, 0.6) is 0 Å². The van der Waals surface area contributed by atoms with Crippen molar-refractivity contribution < 1.29 is 9.53 Å². The molecule has 0 aromatic carbocycles. The number of aromatic nitrogens is 1. The number of hydrogen-bond acceptors (Lipinski definition) is 4. The summed E-state index contributed by atoms with van der Waals surface area (Å²) in [4.78, 5) is 15.5. The van der Waals surface area contributed by atoms with E-state index in [4.69, 9.17) is 22.1 Å². The van der Waals surface area contributed by atoms with Crippen molar-refractivity contribution in [1.29, 1.82) is 0 Å². The van der Waals surface area contributed by atoms with Crippen LogP contribution in [0.1, 0.15) is 29.9 Å². The van der Waals surface area contributed by atoms with Crippen molar-refractivity contribution in [3.63, 3.8) is 0 Å². The molecule has 0 saturated heterocycles. The standard InChI is InChI=1S/C11H13ClN2O2/c1-4-16-11(15)9-7(12)5-8(6(2)3)14-10(9)13/h5H,2,4H2,1,3H3,(H2,13,14).